The number of hydrogen-bond acceptors (Lipinski definition) is 8. The Morgan fingerprint density at radius 3 is 2.62 bits per heavy atom. The maximum Gasteiger partial charge on any atom is 0.233 e. The molecule has 0 bridgehead atoms. The van der Waals surface area contributed by atoms with Crippen molar-refractivity contribution in [3.63, 3.8) is 0 Å². The van der Waals surface area contributed by atoms with Gasteiger partial charge in [-0.2, -0.15) is 0 Å². The zero-order valence-electron chi connectivity index (χ0n) is 14.8. The summed E-state index contributed by atoms with van der Waals surface area (Å²) in [5, 5.41) is 21.6. The highest BCUT2D eigenvalue weighted by Crippen LogP contribution is 2.23. The number of para-hydroxylation sites is 1. The van der Waals surface area contributed by atoms with Crippen molar-refractivity contribution in [1.29, 1.82) is 0 Å². The van der Waals surface area contributed by atoms with E-state index in [1.54, 1.807) is 24.3 Å². The molecule has 9 heteroatoms. The van der Waals surface area contributed by atoms with Gasteiger partial charge in [0.2, 0.25) is 5.88 Å². The number of halogens is 1. The first-order chi connectivity index (χ1) is 12.4. The second-order valence-electron chi connectivity index (χ2n) is 6.35. The third-order valence-electron chi connectivity index (χ3n) is 3.45. The van der Waals surface area contributed by atoms with Crippen molar-refractivity contribution in [3.8, 4) is 11.6 Å². The molecular weight excluding hydrogens is 358 g/mol. The summed E-state index contributed by atoms with van der Waals surface area (Å²) >= 11 is 6.02. The monoisotopic (exact) mass is 381 g/mol. The van der Waals surface area contributed by atoms with Crippen LogP contribution in [0.3, 0.4) is 0 Å². The predicted octanol–water partition coefficient (Wildman–Crippen LogP) is 1.60. The number of β-amino-alcohol motifs (C(OH)–C–C–N with tert-alkyl or cyclic N) is 1. The molecule has 0 unspecified atom stereocenters. The molecule has 1 atom stereocenters. The molecule has 1 aromatic heterocycles. The maximum atomic E-state index is 10.1. The molecular formula is C17H24ClN5O3. The first kappa shape index (κ1) is 20.2. The second kappa shape index (κ2) is 9.54. The summed E-state index contributed by atoms with van der Waals surface area (Å²) in [6.45, 7) is 4.72. The van der Waals surface area contributed by atoms with Gasteiger partial charge in [0, 0.05) is 18.2 Å². The fourth-order valence-electron chi connectivity index (χ4n) is 1.98. The normalized spacial score (nSPS) is 12.5. The minimum Gasteiger partial charge on any atom is -0.489 e. The third-order valence-corrected chi connectivity index (χ3v) is 3.77. The smallest absolute Gasteiger partial charge is 0.233 e. The van der Waals surface area contributed by atoms with Gasteiger partial charge in [-0.15, -0.1) is 10.2 Å². The van der Waals surface area contributed by atoms with E-state index >= 15 is 0 Å². The minimum absolute atomic E-state index is 0.132. The summed E-state index contributed by atoms with van der Waals surface area (Å²) in [5.41, 5.74) is 2.01. The van der Waals surface area contributed by atoms with E-state index in [9.17, 15) is 5.11 Å². The van der Waals surface area contributed by atoms with E-state index in [0.717, 1.165) is 0 Å². The molecule has 0 amide bonds. The predicted molar refractivity (Wildman–Crippen MR) is 100 cm³/mol. The Morgan fingerprint density at radius 1 is 1.19 bits per heavy atom. The molecule has 5 N–H and O–H groups in total. The van der Waals surface area contributed by atoms with Crippen molar-refractivity contribution in [3.05, 3.63) is 41.4 Å². The van der Waals surface area contributed by atoms with Gasteiger partial charge in [0.15, 0.2) is 5.82 Å². The number of nitrogens with one attached hydrogen (secondary N) is 2. The maximum absolute atomic E-state index is 10.1. The molecule has 0 aliphatic heterocycles. The molecule has 0 radical (unpaired) electrons. The van der Waals surface area contributed by atoms with Gasteiger partial charge in [0.1, 0.15) is 25.1 Å². The standard InChI is InChI=1S/C17H24ClN5O3/c1-17(2,11-26-16-8-7-15(21-19)22-23-16)20-9-12(24)10-25-14-6-4-3-5-13(14)18/h3-8,12,20,24H,9-11,19H2,1-2H3,(H,21,22)/t12-/m0/s1. The van der Waals surface area contributed by atoms with Crippen LogP contribution in [0.2, 0.25) is 5.02 Å². The molecule has 0 saturated heterocycles. The fraction of sp³-hybridized carbons (Fsp3) is 0.412. The van der Waals surface area contributed by atoms with Gasteiger partial charge in [0.05, 0.1) is 5.02 Å². The van der Waals surface area contributed by atoms with Crippen LogP contribution in [-0.2, 0) is 0 Å². The van der Waals surface area contributed by atoms with Crippen LogP contribution in [0.25, 0.3) is 0 Å². The Morgan fingerprint density at radius 2 is 1.96 bits per heavy atom. The van der Waals surface area contributed by atoms with E-state index in [2.05, 4.69) is 20.9 Å². The van der Waals surface area contributed by atoms with Crippen molar-refractivity contribution in [2.24, 2.45) is 5.84 Å². The summed E-state index contributed by atoms with van der Waals surface area (Å²) in [6, 6.07) is 10.5. The first-order valence-electron chi connectivity index (χ1n) is 8.13. The van der Waals surface area contributed by atoms with Crippen molar-refractivity contribution in [2.75, 3.05) is 25.2 Å². The molecule has 0 aliphatic rings. The summed E-state index contributed by atoms with van der Waals surface area (Å²) in [7, 11) is 0. The Balaban J connectivity index is 1.72. The van der Waals surface area contributed by atoms with Gasteiger partial charge >= 0.3 is 0 Å². The molecule has 0 spiro atoms. The number of nitrogens with two attached hydrogens (primary N) is 1. The lowest BCUT2D eigenvalue weighted by molar-refractivity contribution is 0.0923. The molecule has 142 valence electrons. The van der Waals surface area contributed by atoms with E-state index in [4.69, 9.17) is 26.9 Å². The van der Waals surface area contributed by atoms with Crippen molar-refractivity contribution < 1.29 is 14.6 Å². The van der Waals surface area contributed by atoms with E-state index in [-0.39, 0.29) is 6.61 Å². The van der Waals surface area contributed by atoms with Gasteiger partial charge < -0.3 is 25.3 Å². The number of hydrogen-bond donors (Lipinski definition) is 4. The van der Waals surface area contributed by atoms with Crippen molar-refractivity contribution in [2.45, 2.75) is 25.5 Å². The van der Waals surface area contributed by atoms with Crippen LogP contribution in [0.1, 0.15) is 13.8 Å². The largest absolute Gasteiger partial charge is 0.489 e. The Kier molecular flexibility index (Phi) is 7.40. The van der Waals surface area contributed by atoms with Gasteiger partial charge in [-0.3, -0.25) is 0 Å². The van der Waals surface area contributed by atoms with Crippen molar-refractivity contribution in [1.82, 2.24) is 15.5 Å². The lowest BCUT2D eigenvalue weighted by atomic mass is 10.1. The van der Waals surface area contributed by atoms with Gasteiger partial charge in [-0.25, -0.2) is 5.84 Å². The average molecular weight is 382 g/mol. The minimum atomic E-state index is -0.694. The molecule has 2 rings (SSSR count). The Bertz CT molecular complexity index is 684. The third kappa shape index (κ3) is 6.64. The van der Waals surface area contributed by atoms with E-state index in [1.807, 2.05) is 26.0 Å². The second-order valence-corrected chi connectivity index (χ2v) is 6.76. The van der Waals surface area contributed by atoms with Crippen LogP contribution in [0, 0.1) is 0 Å². The number of aromatic nitrogens is 2. The van der Waals surface area contributed by atoms with Crippen LogP contribution in [0.4, 0.5) is 5.82 Å². The molecule has 1 heterocycles. The zero-order valence-corrected chi connectivity index (χ0v) is 15.5. The number of anilines is 1. The number of aliphatic hydroxyl groups is 1. The van der Waals surface area contributed by atoms with Gasteiger partial charge in [-0.1, -0.05) is 23.7 Å². The van der Waals surface area contributed by atoms with Gasteiger partial charge in [-0.05, 0) is 32.0 Å². The number of benzene rings is 1. The number of ether oxygens (including phenoxy) is 2. The summed E-state index contributed by atoms with van der Waals surface area (Å²) < 4.78 is 11.1. The summed E-state index contributed by atoms with van der Waals surface area (Å²) in [6.07, 6.45) is -0.694. The van der Waals surface area contributed by atoms with Gasteiger partial charge in [0.25, 0.3) is 0 Å². The molecule has 0 saturated carbocycles. The van der Waals surface area contributed by atoms with E-state index in [0.29, 0.717) is 35.6 Å². The average Bonchev–Trinajstić information content (AvgIpc) is 2.65. The Hall–Kier alpha value is -2.13. The fourth-order valence-corrected chi connectivity index (χ4v) is 2.17. The SMILES string of the molecule is CC(C)(COc1ccc(NN)nn1)NC[C@H](O)COc1ccccc1Cl. The summed E-state index contributed by atoms with van der Waals surface area (Å²) in [4.78, 5) is 0. The number of hydrazine groups is 1. The summed E-state index contributed by atoms with van der Waals surface area (Å²) in [5.74, 6) is 6.63. The first-order valence-corrected chi connectivity index (χ1v) is 8.51. The highest BCUT2D eigenvalue weighted by Gasteiger charge is 2.20. The lowest BCUT2D eigenvalue weighted by Gasteiger charge is -2.27. The van der Waals surface area contributed by atoms with Crippen LogP contribution in [0.5, 0.6) is 11.6 Å². The van der Waals surface area contributed by atoms with E-state index < -0.39 is 11.6 Å². The topological polar surface area (TPSA) is 115 Å². The van der Waals surface area contributed by atoms with Crippen LogP contribution >= 0.6 is 11.6 Å². The van der Waals surface area contributed by atoms with Crippen LogP contribution in [-0.4, -0.2) is 46.7 Å². The number of nitrogens with zero attached hydrogens (tertiary/aromatic N) is 2. The lowest BCUT2D eigenvalue weighted by Crippen LogP contribution is -2.48. The Labute approximate surface area is 157 Å². The molecule has 8 nitrogen and oxygen atoms in total. The number of nitrogen functional groups attached to an aromatic ring is 1. The molecule has 26 heavy (non-hydrogen) atoms. The molecule has 0 aliphatic carbocycles. The number of rotatable bonds is 10. The molecule has 0 fully saturated rings. The molecule has 1 aromatic carbocycles. The highest BCUT2D eigenvalue weighted by molar-refractivity contribution is 6.32. The van der Waals surface area contributed by atoms with Crippen molar-refractivity contribution >= 4 is 17.4 Å². The zero-order chi connectivity index (χ0) is 19.0. The van der Waals surface area contributed by atoms with Crippen LogP contribution < -0.4 is 26.1 Å². The van der Waals surface area contributed by atoms with Crippen LogP contribution in [0.15, 0.2) is 36.4 Å². The quantitative estimate of drug-likeness (QED) is 0.362. The molecule has 2 aromatic rings. The highest BCUT2D eigenvalue weighted by atomic mass is 35.5. The van der Waals surface area contributed by atoms with E-state index in [1.165, 1.54) is 0 Å². The number of aliphatic hydroxyl groups excluding tert-OH is 1.